The van der Waals surface area contributed by atoms with Crippen molar-refractivity contribution in [2.24, 2.45) is 0 Å². The van der Waals surface area contributed by atoms with Gasteiger partial charge in [0.05, 0.1) is 17.8 Å². The predicted molar refractivity (Wildman–Crippen MR) is 87.1 cm³/mol. The van der Waals surface area contributed by atoms with E-state index in [-0.39, 0.29) is 13.2 Å². The van der Waals surface area contributed by atoms with Gasteiger partial charge in [0.15, 0.2) is 0 Å². The molecule has 0 fully saturated rings. The van der Waals surface area contributed by atoms with Crippen molar-refractivity contribution < 1.29 is 9.53 Å². The average molecular weight is 305 g/mol. The van der Waals surface area contributed by atoms with E-state index in [9.17, 15) is 4.79 Å². The second kappa shape index (κ2) is 8.11. The molecule has 3 N–H and O–H groups in total. The van der Waals surface area contributed by atoms with E-state index in [4.69, 9.17) is 15.7 Å². The summed E-state index contributed by atoms with van der Waals surface area (Å²) in [6.45, 7) is 0.321. The van der Waals surface area contributed by atoms with Crippen LogP contribution in [0.5, 0.6) is 0 Å². The van der Waals surface area contributed by atoms with Crippen LogP contribution in [0.3, 0.4) is 0 Å². The summed E-state index contributed by atoms with van der Waals surface area (Å²) in [6, 6.07) is 16.5. The predicted octanol–water partition coefficient (Wildman–Crippen LogP) is 2.42. The van der Waals surface area contributed by atoms with E-state index in [1.807, 2.05) is 36.4 Å². The first kappa shape index (κ1) is 15.9. The van der Waals surface area contributed by atoms with Gasteiger partial charge >= 0.3 is 6.09 Å². The lowest BCUT2D eigenvalue weighted by Gasteiger charge is -2.04. The van der Waals surface area contributed by atoms with Crippen molar-refractivity contribution in [3.63, 3.8) is 0 Å². The highest BCUT2D eigenvalue weighted by Crippen LogP contribution is 2.14. The molecule has 0 saturated heterocycles. The number of benzene rings is 2. The molecule has 1 amide bonds. The maximum Gasteiger partial charge on any atom is 0.408 e. The molecule has 0 unspecified atom stereocenters. The second-order valence-electron chi connectivity index (χ2n) is 4.60. The third kappa shape index (κ3) is 4.80. The monoisotopic (exact) mass is 305 g/mol. The van der Waals surface area contributed by atoms with Crippen molar-refractivity contribution >= 4 is 11.8 Å². The van der Waals surface area contributed by atoms with Gasteiger partial charge in [-0.1, -0.05) is 48.2 Å². The van der Waals surface area contributed by atoms with Gasteiger partial charge in [-0.25, -0.2) is 4.79 Å². The van der Waals surface area contributed by atoms with Crippen LogP contribution in [0, 0.1) is 23.2 Å². The Kier molecular flexibility index (Phi) is 5.62. The minimum atomic E-state index is -0.545. The van der Waals surface area contributed by atoms with Crippen LogP contribution in [-0.2, 0) is 11.3 Å². The van der Waals surface area contributed by atoms with Crippen LogP contribution in [0.1, 0.15) is 16.7 Å². The maximum atomic E-state index is 11.5. The molecule has 2 rings (SSSR count). The molecule has 2 aromatic rings. The highest BCUT2D eigenvalue weighted by atomic mass is 16.5. The normalized spacial score (nSPS) is 9.17. The van der Waals surface area contributed by atoms with Crippen LogP contribution >= 0.6 is 0 Å². The smallest absolute Gasteiger partial charge is 0.408 e. The fourth-order valence-corrected chi connectivity index (χ4v) is 1.83. The van der Waals surface area contributed by atoms with E-state index in [0.717, 1.165) is 5.56 Å². The van der Waals surface area contributed by atoms with Crippen LogP contribution in [0.15, 0.2) is 48.5 Å². The fourth-order valence-electron chi connectivity index (χ4n) is 1.83. The number of anilines is 1. The van der Waals surface area contributed by atoms with Crippen molar-refractivity contribution in [3.05, 3.63) is 65.2 Å². The van der Waals surface area contributed by atoms with Gasteiger partial charge in [0.1, 0.15) is 12.7 Å². The molecule has 0 aliphatic heterocycles. The molecule has 0 aliphatic rings. The first-order chi connectivity index (χ1) is 11.2. The van der Waals surface area contributed by atoms with E-state index >= 15 is 0 Å². The molecule has 23 heavy (non-hydrogen) atoms. The number of hydrogen-bond donors (Lipinski definition) is 2. The molecule has 2 aromatic carbocycles. The molecule has 0 heterocycles. The van der Waals surface area contributed by atoms with Gasteiger partial charge in [0.2, 0.25) is 0 Å². The number of nitrogen functional groups attached to an aromatic ring is 1. The van der Waals surface area contributed by atoms with E-state index in [1.54, 1.807) is 18.2 Å². The highest BCUT2D eigenvalue weighted by molar-refractivity contribution is 5.67. The van der Waals surface area contributed by atoms with Crippen molar-refractivity contribution in [1.82, 2.24) is 5.32 Å². The van der Waals surface area contributed by atoms with Gasteiger partial charge in [-0.2, -0.15) is 5.26 Å². The number of ether oxygens (including phenoxy) is 1. The Morgan fingerprint density at radius 1 is 1.17 bits per heavy atom. The topological polar surface area (TPSA) is 88.1 Å². The molecule has 0 spiro atoms. The largest absolute Gasteiger partial charge is 0.445 e. The summed E-state index contributed by atoms with van der Waals surface area (Å²) in [5, 5.41) is 11.6. The van der Waals surface area contributed by atoms with Gasteiger partial charge < -0.3 is 15.8 Å². The van der Waals surface area contributed by atoms with E-state index in [1.165, 1.54) is 0 Å². The molecular weight excluding hydrogens is 290 g/mol. The quantitative estimate of drug-likeness (QED) is 0.673. The lowest BCUT2D eigenvalue weighted by molar-refractivity contribution is 0.141. The summed E-state index contributed by atoms with van der Waals surface area (Å²) < 4.78 is 5.05. The van der Waals surface area contributed by atoms with E-state index in [2.05, 4.69) is 17.2 Å². The Labute approximate surface area is 134 Å². The summed E-state index contributed by atoms with van der Waals surface area (Å²) in [5.41, 5.74) is 7.87. The van der Waals surface area contributed by atoms with Gasteiger partial charge in [0, 0.05) is 5.56 Å². The zero-order chi connectivity index (χ0) is 16.5. The Bertz CT molecular complexity index is 783. The minimum absolute atomic E-state index is 0.118. The zero-order valence-electron chi connectivity index (χ0n) is 12.4. The number of nitrogens with one attached hydrogen (secondary N) is 1. The Morgan fingerprint density at radius 3 is 2.70 bits per heavy atom. The SMILES string of the molecule is N#Cc1c(N)cccc1C#CCNC(=O)OCc1ccccc1. The number of hydrogen-bond acceptors (Lipinski definition) is 4. The molecule has 114 valence electrons. The number of nitrogens with two attached hydrogens (primary N) is 1. The summed E-state index contributed by atoms with van der Waals surface area (Å²) in [6.07, 6.45) is -0.545. The summed E-state index contributed by atoms with van der Waals surface area (Å²) in [5.74, 6) is 5.58. The lowest BCUT2D eigenvalue weighted by Crippen LogP contribution is -2.24. The number of carbonyl (C=O) groups excluding carboxylic acids is 1. The zero-order valence-corrected chi connectivity index (χ0v) is 12.4. The van der Waals surface area contributed by atoms with Gasteiger partial charge in [-0.05, 0) is 17.7 Å². The summed E-state index contributed by atoms with van der Waals surface area (Å²) in [4.78, 5) is 11.5. The van der Waals surface area contributed by atoms with E-state index in [0.29, 0.717) is 16.8 Å². The van der Waals surface area contributed by atoms with E-state index < -0.39 is 6.09 Å². The summed E-state index contributed by atoms with van der Waals surface area (Å²) >= 11 is 0. The van der Waals surface area contributed by atoms with Crippen LogP contribution in [0.25, 0.3) is 0 Å². The molecule has 5 nitrogen and oxygen atoms in total. The first-order valence-electron chi connectivity index (χ1n) is 6.92. The number of carbonyl (C=O) groups is 1. The number of amides is 1. The van der Waals surface area contributed by atoms with Gasteiger partial charge in [0.25, 0.3) is 0 Å². The Morgan fingerprint density at radius 2 is 1.96 bits per heavy atom. The van der Waals surface area contributed by atoms with Crippen molar-refractivity contribution in [2.75, 3.05) is 12.3 Å². The molecule has 0 aliphatic carbocycles. The van der Waals surface area contributed by atoms with Gasteiger partial charge in [-0.15, -0.1) is 0 Å². The third-order valence-electron chi connectivity index (χ3n) is 2.97. The minimum Gasteiger partial charge on any atom is -0.445 e. The van der Waals surface area contributed by atoms with Crippen LogP contribution in [0.2, 0.25) is 0 Å². The number of nitriles is 1. The van der Waals surface area contributed by atoms with Crippen molar-refractivity contribution in [3.8, 4) is 17.9 Å². The average Bonchev–Trinajstić information content (AvgIpc) is 2.58. The fraction of sp³-hybridized carbons (Fsp3) is 0.111. The van der Waals surface area contributed by atoms with Gasteiger partial charge in [-0.3, -0.25) is 0 Å². The Hall–Kier alpha value is -3.44. The van der Waals surface area contributed by atoms with Crippen LogP contribution in [-0.4, -0.2) is 12.6 Å². The maximum absolute atomic E-state index is 11.5. The summed E-state index contributed by atoms with van der Waals surface area (Å²) in [7, 11) is 0. The third-order valence-corrected chi connectivity index (χ3v) is 2.97. The molecule has 0 aromatic heterocycles. The number of nitrogens with zero attached hydrogens (tertiary/aromatic N) is 1. The Balaban J connectivity index is 1.83. The first-order valence-corrected chi connectivity index (χ1v) is 6.92. The highest BCUT2D eigenvalue weighted by Gasteiger charge is 2.03. The van der Waals surface area contributed by atoms with Crippen LogP contribution < -0.4 is 11.1 Å². The number of rotatable bonds is 3. The van der Waals surface area contributed by atoms with Crippen molar-refractivity contribution in [1.29, 1.82) is 5.26 Å². The molecule has 0 bridgehead atoms. The molecule has 0 atom stereocenters. The van der Waals surface area contributed by atoms with Crippen LogP contribution in [0.4, 0.5) is 10.5 Å². The van der Waals surface area contributed by atoms with Crippen molar-refractivity contribution in [2.45, 2.75) is 6.61 Å². The molecule has 0 saturated carbocycles. The molecule has 5 heteroatoms. The lowest BCUT2D eigenvalue weighted by atomic mass is 10.1. The molecular formula is C18H15N3O2. The molecule has 0 radical (unpaired) electrons. The number of alkyl carbamates (subject to hydrolysis) is 1. The second-order valence-corrected chi connectivity index (χ2v) is 4.60. The standard InChI is InChI=1S/C18H15N3O2/c19-12-16-15(8-4-10-17(16)20)9-5-11-21-18(22)23-13-14-6-2-1-3-7-14/h1-4,6-8,10H,11,13,20H2,(H,21,22).